The molecule has 0 saturated carbocycles. The first-order valence-corrected chi connectivity index (χ1v) is 16.4. The first kappa shape index (κ1) is 30.2. The van der Waals surface area contributed by atoms with Crippen molar-refractivity contribution in [3.8, 4) is 38.8 Å². The summed E-state index contributed by atoms with van der Waals surface area (Å²) >= 11 is 2.82. The van der Waals surface area contributed by atoms with Gasteiger partial charge in [0.2, 0.25) is 11.8 Å². The molecule has 2 amide bonds. The predicted molar refractivity (Wildman–Crippen MR) is 174 cm³/mol. The zero-order valence-electron chi connectivity index (χ0n) is 24.8. The van der Waals surface area contributed by atoms with E-state index in [9.17, 15) is 14.0 Å². The molecule has 0 spiro atoms. The van der Waals surface area contributed by atoms with Crippen molar-refractivity contribution in [3.63, 3.8) is 0 Å². The van der Waals surface area contributed by atoms with Gasteiger partial charge in [-0.15, -0.1) is 22.7 Å². The van der Waals surface area contributed by atoms with Crippen molar-refractivity contribution >= 4 is 44.6 Å². The minimum absolute atomic E-state index is 0.0174. The first-order chi connectivity index (χ1) is 22.3. The van der Waals surface area contributed by atoms with E-state index in [2.05, 4.69) is 11.9 Å². The van der Waals surface area contributed by atoms with Crippen LogP contribution in [0.15, 0.2) is 54.4 Å². The highest BCUT2D eigenvalue weighted by Crippen LogP contribution is 2.48. The number of methoxy groups -OCH3 is 1. The molecule has 0 aliphatic carbocycles. The summed E-state index contributed by atoms with van der Waals surface area (Å²) in [6.07, 6.45) is 2.17. The average Bonchev–Trinajstić information content (AvgIpc) is 3.71. The molecule has 0 radical (unpaired) electrons. The summed E-state index contributed by atoms with van der Waals surface area (Å²) in [5, 5.41) is 6.17. The highest BCUT2D eigenvalue weighted by atomic mass is 32.1. The number of hydrogen-bond acceptors (Lipinski definition) is 8. The van der Waals surface area contributed by atoms with Crippen LogP contribution in [0, 0.1) is 11.6 Å². The van der Waals surface area contributed by atoms with Crippen molar-refractivity contribution in [2.24, 2.45) is 0 Å². The Morgan fingerprint density at radius 3 is 2.80 bits per heavy atom. The van der Waals surface area contributed by atoms with Crippen molar-refractivity contribution < 1.29 is 27.8 Å². The second kappa shape index (κ2) is 12.3. The number of thiophene rings is 1. The summed E-state index contributed by atoms with van der Waals surface area (Å²) in [6, 6.07) is 9.89. The molecule has 1 N–H and O–H groups in total. The van der Waals surface area contributed by atoms with Gasteiger partial charge in [-0.25, -0.2) is 18.7 Å². The van der Waals surface area contributed by atoms with Crippen molar-refractivity contribution in [3.05, 3.63) is 87.8 Å². The van der Waals surface area contributed by atoms with Gasteiger partial charge in [-0.3, -0.25) is 9.59 Å². The molecular formula is C34H28F2N4O4S2. The fourth-order valence-corrected chi connectivity index (χ4v) is 7.99. The predicted octanol–water partition coefficient (Wildman–Crippen LogP) is 6.30. The number of nitrogens with zero attached hydrogens (tertiary/aromatic N) is 3. The molecule has 8 nitrogen and oxygen atoms in total. The van der Waals surface area contributed by atoms with Gasteiger partial charge in [-0.05, 0) is 34.7 Å². The van der Waals surface area contributed by atoms with E-state index in [-0.39, 0.29) is 36.3 Å². The summed E-state index contributed by atoms with van der Waals surface area (Å²) in [5.41, 5.74) is 5.31. The number of benzene rings is 2. The number of pyridine rings is 1. The summed E-state index contributed by atoms with van der Waals surface area (Å²) in [4.78, 5) is 37.2. The largest absolute Gasteiger partial charge is 0.490 e. The fourth-order valence-electron chi connectivity index (χ4n) is 5.93. The van der Waals surface area contributed by atoms with Crippen LogP contribution in [0.5, 0.6) is 5.75 Å². The lowest BCUT2D eigenvalue weighted by atomic mass is 9.94. The van der Waals surface area contributed by atoms with Crippen LogP contribution in [0.3, 0.4) is 0 Å². The third-order valence-electron chi connectivity index (χ3n) is 8.15. The number of thiazole rings is 1. The first-order valence-electron chi connectivity index (χ1n) is 14.7. The molecule has 0 bridgehead atoms. The summed E-state index contributed by atoms with van der Waals surface area (Å²) in [6.45, 7) is 5.24. The van der Waals surface area contributed by atoms with Gasteiger partial charge in [-0.2, -0.15) is 0 Å². The Kier molecular flexibility index (Phi) is 8.09. The van der Waals surface area contributed by atoms with Gasteiger partial charge in [0.25, 0.3) is 0 Å². The molecule has 0 saturated heterocycles. The number of hydrogen-bond donors (Lipinski definition) is 1. The van der Waals surface area contributed by atoms with Crippen LogP contribution in [0.2, 0.25) is 0 Å². The van der Waals surface area contributed by atoms with E-state index in [1.165, 1.54) is 41.9 Å². The molecule has 0 atom stereocenters. The quantitative estimate of drug-likeness (QED) is 0.155. The molecule has 5 heterocycles. The zero-order valence-corrected chi connectivity index (χ0v) is 26.5. The van der Waals surface area contributed by atoms with Crippen molar-refractivity contribution in [2.75, 3.05) is 26.9 Å². The monoisotopic (exact) mass is 658 g/mol. The molecule has 2 aliphatic rings. The van der Waals surface area contributed by atoms with Crippen LogP contribution >= 0.6 is 22.7 Å². The maximum absolute atomic E-state index is 16.0. The highest BCUT2D eigenvalue weighted by molar-refractivity contribution is 7.18. The number of rotatable bonds is 8. The lowest BCUT2D eigenvalue weighted by molar-refractivity contribution is -0.126. The maximum atomic E-state index is 16.0. The number of aromatic nitrogens is 2. The van der Waals surface area contributed by atoms with E-state index < -0.39 is 11.6 Å². The standard InChI is InChI=1S/C34H28F2N4O4S2/c1-3-28(42)40-8-6-24-26(17-40)46-34(38-24)32-30(29-23(36)14-21(35)15-25(29)44-10-9-43-2)33-22(7-11-45-33)31(39-32)19-5-4-18-13-27(41)37-16-20(18)12-19/h3-5,7,11-12,14-15H,1,6,8-10,13,16-17H2,2H3,(H,37,41). The SMILES string of the molecule is C=CC(=O)N1CCc2nc(-c3nc(-c4ccc5c(c4)CNC(=O)C5)c4ccsc4c3-c3c(F)cc(F)cc3OCCOC)sc2C1. The Bertz CT molecular complexity index is 2040. The van der Waals surface area contributed by atoms with Gasteiger partial charge < -0.3 is 19.7 Å². The Morgan fingerprint density at radius 1 is 1.11 bits per heavy atom. The lowest BCUT2D eigenvalue weighted by Crippen LogP contribution is -2.34. The summed E-state index contributed by atoms with van der Waals surface area (Å²) < 4.78 is 42.4. The van der Waals surface area contributed by atoms with Crippen LogP contribution in [-0.4, -0.2) is 53.6 Å². The van der Waals surface area contributed by atoms with Crippen molar-refractivity contribution in [2.45, 2.75) is 25.9 Å². The smallest absolute Gasteiger partial charge is 0.246 e. The third kappa shape index (κ3) is 5.46. The zero-order chi connectivity index (χ0) is 31.9. The van der Waals surface area contributed by atoms with E-state index in [4.69, 9.17) is 19.4 Å². The normalized spacial score (nSPS) is 14.2. The van der Waals surface area contributed by atoms with E-state index in [0.717, 1.165) is 43.4 Å². The highest BCUT2D eigenvalue weighted by Gasteiger charge is 2.29. The molecule has 7 rings (SSSR count). The number of ether oxygens (including phenoxy) is 2. The van der Waals surface area contributed by atoms with Crippen molar-refractivity contribution in [1.29, 1.82) is 0 Å². The Morgan fingerprint density at radius 2 is 1.98 bits per heavy atom. The molecule has 0 fully saturated rings. The number of carbonyl (C=O) groups excluding carboxylic acids is 2. The van der Waals surface area contributed by atoms with Crippen LogP contribution < -0.4 is 10.1 Å². The van der Waals surface area contributed by atoms with Gasteiger partial charge in [-0.1, -0.05) is 18.7 Å². The van der Waals surface area contributed by atoms with Crippen LogP contribution in [-0.2, 0) is 40.3 Å². The van der Waals surface area contributed by atoms with Crippen LogP contribution in [0.25, 0.3) is 43.2 Å². The number of halogens is 2. The second-order valence-corrected chi connectivity index (χ2v) is 13.0. The van der Waals surface area contributed by atoms with Gasteiger partial charge in [0.15, 0.2) is 0 Å². The second-order valence-electron chi connectivity index (χ2n) is 11.0. The number of fused-ring (bicyclic) bond motifs is 3. The number of carbonyl (C=O) groups is 2. The van der Waals surface area contributed by atoms with Crippen molar-refractivity contribution in [1.82, 2.24) is 20.2 Å². The molecule has 5 aromatic rings. The third-order valence-corrected chi connectivity index (χ3v) is 10.2. The molecule has 2 aliphatic heterocycles. The lowest BCUT2D eigenvalue weighted by Gasteiger charge is -2.24. The van der Waals surface area contributed by atoms with Gasteiger partial charge in [0.05, 0.1) is 36.5 Å². The van der Waals surface area contributed by atoms with Gasteiger partial charge >= 0.3 is 0 Å². The van der Waals surface area contributed by atoms with Crippen LogP contribution in [0.4, 0.5) is 8.78 Å². The van der Waals surface area contributed by atoms with E-state index in [1.807, 2.05) is 29.6 Å². The maximum Gasteiger partial charge on any atom is 0.246 e. The van der Waals surface area contributed by atoms with Crippen LogP contribution in [0.1, 0.15) is 21.7 Å². The summed E-state index contributed by atoms with van der Waals surface area (Å²) in [5.74, 6) is -1.69. The molecular weight excluding hydrogens is 631 g/mol. The van der Waals surface area contributed by atoms with E-state index in [1.54, 1.807) is 4.90 Å². The molecule has 2 aromatic carbocycles. The van der Waals surface area contributed by atoms with E-state index in [0.29, 0.717) is 54.4 Å². The number of amides is 2. The molecule has 46 heavy (non-hydrogen) atoms. The molecule has 0 unspecified atom stereocenters. The molecule has 3 aromatic heterocycles. The topological polar surface area (TPSA) is 93.7 Å². The molecule has 234 valence electrons. The summed E-state index contributed by atoms with van der Waals surface area (Å²) in [7, 11) is 1.52. The van der Waals surface area contributed by atoms with Gasteiger partial charge in [0, 0.05) is 64.8 Å². The Hall–Kier alpha value is -4.52. The Labute approximate surface area is 271 Å². The minimum atomic E-state index is -0.786. The van der Waals surface area contributed by atoms with E-state index >= 15 is 4.39 Å². The fraction of sp³-hybridized carbons (Fsp3) is 0.235. The Balaban J connectivity index is 1.46. The molecule has 12 heteroatoms. The average molecular weight is 659 g/mol. The number of nitrogens with one attached hydrogen (secondary N) is 1. The van der Waals surface area contributed by atoms with Gasteiger partial charge in [0.1, 0.15) is 34.7 Å². The minimum Gasteiger partial charge on any atom is -0.490 e.